The number of carbonyl (C=O) groups is 1. The van der Waals surface area contributed by atoms with Crippen LogP contribution < -0.4 is 24.8 Å². The van der Waals surface area contributed by atoms with E-state index in [-0.39, 0.29) is 13.3 Å². The standard InChI is InChI=1S/C14H22N2O4.CH4/c1-5-18-11-7-10(14(17)16-4)8-12(19-6-2)13(11)20-9-15-3;/h7-8,15H,5-6,9H2,1-4H3,(H,16,17);1H4. The third kappa shape index (κ3) is 5.15. The summed E-state index contributed by atoms with van der Waals surface area (Å²) >= 11 is 0. The molecular formula is C15H26N2O4. The van der Waals surface area contributed by atoms with Crippen LogP contribution >= 0.6 is 0 Å². The highest BCUT2D eigenvalue weighted by atomic mass is 16.5. The summed E-state index contributed by atoms with van der Waals surface area (Å²) < 4.78 is 16.7. The molecule has 120 valence electrons. The van der Waals surface area contributed by atoms with Gasteiger partial charge in [-0.15, -0.1) is 0 Å². The lowest BCUT2D eigenvalue weighted by molar-refractivity contribution is 0.0962. The second kappa shape index (κ2) is 9.88. The quantitative estimate of drug-likeness (QED) is 0.719. The van der Waals surface area contributed by atoms with Gasteiger partial charge in [0, 0.05) is 12.6 Å². The molecule has 1 aromatic rings. The number of carbonyl (C=O) groups excluding carboxylic acids is 1. The van der Waals surface area contributed by atoms with Gasteiger partial charge in [0.25, 0.3) is 5.91 Å². The van der Waals surface area contributed by atoms with E-state index in [1.54, 1.807) is 26.2 Å². The molecule has 0 fully saturated rings. The molecule has 1 aromatic carbocycles. The van der Waals surface area contributed by atoms with E-state index in [2.05, 4.69) is 10.6 Å². The van der Waals surface area contributed by atoms with Gasteiger partial charge >= 0.3 is 0 Å². The van der Waals surface area contributed by atoms with Gasteiger partial charge in [-0.05, 0) is 33.0 Å². The molecule has 0 unspecified atom stereocenters. The van der Waals surface area contributed by atoms with Crippen LogP contribution in [0.5, 0.6) is 17.2 Å². The van der Waals surface area contributed by atoms with E-state index in [9.17, 15) is 4.79 Å². The number of ether oxygens (including phenoxy) is 3. The maximum atomic E-state index is 11.8. The summed E-state index contributed by atoms with van der Waals surface area (Å²) in [6, 6.07) is 3.30. The first-order chi connectivity index (χ1) is 9.67. The number of benzene rings is 1. The average Bonchev–Trinajstić information content (AvgIpc) is 2.46. The molecule has 6 heteroatoms. The molecule has 0 aliphatic heterocycles. The Kier molecular flexibility index (Phi) is 8.96. The third-order valence-corrected chi connectivity index (χ3v) is 2.47. The number of amides is 1. The Hall–Kier alpha value is -1.95. The van der Waals surface area contributed by atoms with Crippen LogP contribution in [-0.4, -0.2) is 39.9 Å². The van der Waals surface area contributed by atoms with Crippen molar-refractivity contribution < 1.29 is 19.0 Å². The van der Waals surface area contributed by atoms with Crippen LogP contribution in [-0.2, 0) is 0 Å². The van der Waals surface area contributed by atoms with Gasteiger partial charge in [-0.1, -0.05) is 7.43 Å². The van der Waals surface area contributed by atoms with Crippen molar-refractivity contribution in [1.82, 2.24) is 10.6 Å². The van der Waals surface area contributed by atoms with Crippen molar-refractivity contribution in [2.24, 2.45) is 0 Å². The summed E-state index contributed by atoms with van der Waals surface area (Å²) in [5.74, 6) is 1.28. The van der Waals surface area contributed by atoms with E-state index in [1.165, 1.54) is 0 Å². The first-order valence-electron chi connectivity index (χ1n) is 6.60. The Morgan fingerprint density at radius 2 is 1.57 bits per heavy atom. The SMILES string of the molecule is C.CCOc1cc(C(=O)NC)cc(OCC)c1OCNC. The fourth-order valence-electron chi connectivity index (χ4n) is 1.66. The molecule has 0 radical (unpaired) electrons. The fraction of sp³-hybridized carbons (Fsp3) is 0.533. The van der Waals surface area contributed by atoms with Crippen LogP contribution in [0.4, 0.5) is 0 Å². The Morgan fingerprint density at radius 3 is 1.95 bits per heavy atom. The molecule has 0 saturated heterocycles. The zero-order valence-electron chi connectivity index (χ0n) is 12.4. The van der Waals surface area contributed by atoms with Gasteiger partial charge < -0.3 is 19.5 Å². The Bertz CT molecular complexity index is 422. The zero-order chi connectivity index (χ0) is 15.0. The molecule has 0 aliphatic rings. The van der Waals surface area contributed by atoms with Crippen LogP contribution in [0.1, 0.15) is 31.6 Å². The molecule has 0 spiro atoms. The van der Waals surface area contributed by atoms with E-state index in [1.807, 2.05) is 13.8 Å². The number of rotatable bonds is 8. The summed E-state index contributed by atoms with van der Waals surface area (Å²) in [7, 11) is 3.36. The first-order valence-corrected chi connectivity index (χ1v) is 6.60. The summed E-state index contributed by atoms with van der Waals surface area (Å²) in [5, 5.41) is 5.47. The summed E-state index contributed by atoms with van der Waals surface area (Å²) in [5.41, 5.74) is 0.469. The van der Waals surface area contributed by atoms with Crippen molar-refractivity contribution >= 4 is 5.91 Å². The molecule has 0 bridgehead atoms. The van der Waals surface area contributed by atoms with Gasteiger partial charge in [0.15, 0.2) is 11.5 Å². The fourth-order valence-corrected chi connectivity index (χ4v) is 1.66. The lowest BCUT2D eigenvalue weighted by atomic mass is 10.1. The lowest BCUT2D eigenvalue weighted by Crippen LogP contribution is -2.19. The highest BCUT2D eigenvalue weighted by Crippen LogP contribution is 2.39. The highest BCUT2D eigenvalue weighted by Gasteiger charge is 2.17. The second-order valence-electron chi connectivity index (χ2n) is 3.89. The van der Waals surface area contributed by atoms with Gasteiger partial charge in [0.05, 0.1) is 13.2 Å². The van der Waals surface area contributed by atoms with E-state index in [4.69, 9.17) is 14.2 Å². The lowest BCUT2D eigenvalue weighted by Gasteiger charge is -2.17. The van der Waals surface area contributed by atoms with Crippen molar-refractivity contribution in [3.05, 3.63) is 17.7 Å². The molecule has 0 saturated carbocycles. The molecular weight excluding hydrogens is 272 g/mol. The minimum atomic E-state index is -0.202. The summed E-state index contributed by atoms with van der Waals surface area (Å²) in [4.78, 5) is 11.8. The van der Waals surface area contributed by atoms with E-state index in [0.717, 1.165) is 0 Å². The Labute approximate surface area is 126 Å². The van der Waals surface area contributed by atoms with E-state index in [0.29, 0.717) is 42.8 Å². The predicted molar refractivity (Wildman–Crippen MR) is 83.5 cm³/mol. The van der Waals surface area contributed by atoms with Crippen LogP contribution in [0, 0.1) is 0 Å². The topological polar surface area (TPSA) is 68.8 Å². The minimum absolute atomic E-state index is 0. The van der Waals surface area contributed by atoms with E-state index < -0.39 is 0 Å². The molecule has 1 rings (SSSR count). The normalized spacial score (nSPS) is 9.52. The zero-order valence-corrected chi connectivity index (χ0v) is 12.4. The molecule has 6 nitrogen and oxygen atoms in total. The maximum absolute atomic E-state index is 11.8. The third-order valence-electron chi connectivity index (χ3n) is 2.47. The van der Waals surface area contributed by atoms with E-state index >= 15 is 0 Å². The summed E-state index contributed by atoms with van der Waals surface area (Å²) in [6.07, 6.45) is 0. The predicted octanol–water partition coefficient (Wildman–Crippen LogP) is 2.04. The van der Waals surface area contributed by atoms with Crippen molar-refractivity contribution in [1.29, 1.82) is 0 Å². The first kappa shape index (κ1) is 19.1. The van der Waals surface area contributed by atoms with Crippen LogP contribution in [0.15, 0.2) is 12.1 Å². The largest absolute Gasteiger partial charge is 0.490 e. The van der Waals surface area contributed by atoms with Crippen LogP contribution in [0.3, 0.4) is 0 Å². The van der Waals surface area contributed by atoms with Crippen molar-refractivity contribution in [2.45, 2.75) is 21.3 Å². The minimum Gasteiger partial charge on any atom is -0.490 e. The maximum Gasteiger partial charge on any atom is 0.251 e. The summed E-state index contributed by atoms with van der Waals surface area (Å²) in [6.45, 7) is 5.00. The number of nitrogens with one attached hydrogen (secondary N) is 2. The van der Waals surface area contributed by atoms with Gasteiger partial charge in [-0.25, -0.2) is 0 Å². The van der Waals surface area contributed by atoms with Gasteiger partial charge in [-0.3, -0.25) is 10.1 Å². The average molecular weight is 298 g/mol. The number of hydrogen-bond acceptors (Lipinski definition) is 5. The Balaban J connectivity index is 0.00000400. The number of hydrogen-bond donors (Lipinski definition) is 2. The van der Waals surface area contributed by atoms with Gasteiger partial charge in [-0.2, -0.15) is 0 Å². The monoisotopic (exact) mass is 298 g/mol. The highest BCUT2D eigenvalue weighted by molar-refractivity contribution is 5.95. The molecule has 2 N–H and O–H groups in total. The van der Waals surface area contributed by atoms with Crippen molar-refractivity contribution in [2.75, 3.05) is 34.0 Å². The molecule has 1 amide bonds. The van der Waals surface area contributed by atoms with Crippen LogP contribution in [0.25, 0.3) is 0 Å². The molecule has 0 heterocycles. The molecule has 0 aromatic heterocycles. The second-order valence-corrected chi connectivity index (χ2v) is 3.89. The Morgan fingerprint density at radius 1 is 1.05 bits per heavy atom. The molecule has 0 aliphatic carbocycles. The van der Waals surface area contributed by atoms with Crippen molar-refractivity contribution in [3.8, 4) is 17.2 Å². The van der Waals surface area contributed by atoms with Crippen molar-refractivity contribution in [3.63, 3.8) is 0 Å². The van der Waals surface area contributed by atoms with Gasteiger partial charge in [0.1, 0.15) is 6.73 Å². The molecule has 0 atom stereocenters. The van der Waals surface area contributed by atoms with Crippen LogP contribution in [0.2, 0.25) is 0 Å². The smallest absolute Gasteiger partial charge is 0.251 e. The molecule has 21 heavy (non-hydrogen) atoms. The van der Waals surface area contributed by atoms with Gasteiger partial charge in [0.2, 0.25) is 5.75 Å².